The zero-order chi connectivity index (χ0) is 15.2. The van der Waals surface area contributed by atoms with Crippen molar-refractivity contribution in [2.24, 2.45) is 0 Å². The highest BCUT2D eigenvalue weighted by Gasteiger charge is 2.16. The predicted molar refractivity (Wildman–Crippen MR) is 94.5 cm³/mol. The second-order valence-corrected chi connectivity index (χ2v) is 6.96. The predicted octanol–water partition coefficient (Wildman–Crippen LogP) is 4.91. The minimum atomic E-state index is 0.171. The van der Waals surface area contributed by atoms with Crippen molar-refractivity contribution in [3.05, 3.63) is 50.7 Å². The van der Waals surface area contributed by atoms with Crippen molar-refractivity contribution in [3.8, 4) is 0 Å². The SMILES string of the molecule is CCCNC(c1cc(Br)cc(Br)c1)c1cnn(CCC)c1. The maximum absolute atomic E-state index is 4.46. The van der Waals surface area contributed by atoms with Gasteiger partial charge in [-0.2, -0.15) is 5.10 Å². The third-order valence-corrected chi connectivity index (χ3v) is 4.17. The van der Waals surface area contributed by atoms with Gasteiger partial charge in [0.05, 0.1) is 12.2 Å². The number of rotatable bonds is 7. The first-order chi connectivity index (χ1) is 10.1. The van der Waals surface area contributed by atoms with Crippen LogP contribution in [0.15, 0.2) is 39.5 Å². The summed E-state index contributed by atoms with van der Waals surface area (Å²) in [5.74, 6) is 0. The first kappa shape index (κ1) is 16.7. The molecule has 0 aliphatic carbocycles. The van der Waals surface area contributed by atoms with Gasteiger partial charge in [0.2, 0.25) is 0 Å². The molecule has 0 fully saturated rings. The Morgan fingerprint density at radius 3 is 2.43 bits per heavy atom. The fourth-order valence-electron chi connectivity index (χ4n) is 2.34. The minimum absolute atomic E-state index is 0.171. The Morgan fingerprint density at radius 2 is 1.81 bits per heavy atom. The van der Waals surface area contributed by atoms with E-state index in [0.29, 0.717) is 0 Å². The van der Waals surface area contributed by atoms with Gasteiger partial charge < -0.3 is 5.32 Å². The Kier molecular flexibility index (Phi) is 6.45. The standard InChI is InChI=1S/C16H21Br2N3/c1-3-5-19-16(12-7-14(17)9-15(18)8-12)13-10-20-21(11-13)6-4-2/h7-11,16,19H,3-6H2,1-2H3. The smallest absolute Gasteiger partial charge is 0.0608 e. The Balaban J connectivity index is 2.31. The molecule has 0 aliphatic rings. The van der Waals surface area contributed by atoms with Crippen molar-refractivity contribution in [2.45, 2.75) is 39.3 Å². The third kappa shape index (κ3) is 4.66. The van der Waals surface area contributed by atoms with Crippen LogP contribution < -0.4 is 5.32 Å². The van der Waals surface area contributed by atoms with Crippen LogP contribution in [0.2, 0.25) is 0 Å². The lowest BCUT2D eigenvalue weighted by atomic mass is 10.0. The minimum Gasteiger partial charge on any atom is -0.306 e. The fraction of sp³-hybridized carbons (Fsp3) is 0.438. The summed E-state index contributed by atoms with van der Waals surface area (Å²) >= 11 is 7.15. The molecular weight excluding hydrogens is 394 g/mol. The monoisotopic (exact) mass is 413 g/mol. The molecule has 21 heavy (non-hydrogen) atoms. The normalized spacial score (nSPS) is 12.6. The summed E-state index contributed by atoms with van der Waals surface area (Å²) < 4.78 is 4.18. The number of benzene rings is 1. The molecule has 0 radical (unpaired) electrons. The van der Waals surface area contributed by atoms with Crippen molar-refractivity contribution in [2.75, 3.05) is 6.54 Å². The molecule has 0 saturated carbocycles. The second-order valence-electron chi connectivity index (χ2n) is 5.13. The Hall–Kier alpha value is -0.650. The van der Waals surface area contributed by atoms with E-state index in [4.69, 9.17) is 0 Å². The molecule has 3 nitrogen and oxygen atoms in total. The lowest BCUT2D eigenvalue weighted by Crippen LogP contribution is -2.23. The zero-order valence-electron chi connectivity index (χ0n) is 12.4. The number of nitrogens with one attached hydrogen (secondary N) is 1. The van der Waals surface area contributed by atoms with Crippen LogP contribution in [-0.4, -0.2) is 16.3 Å². The van der Waals surface area contributed by atoms with Gasteiger partial charge >= 0.3 is 0 Å². The van der Waals surface area contributed by atoms with E-state index in [-0.39, 0.29) is 6.04 Å². The molecular formula is C16H21Br2N3. The van der Waals surface area contributed by atoms with Crippen LogP contribution >= 0.6 is 31.9 Å². The number of aryl methyl sites for hydroxylation is 1. The second kappa shape index (κ2) is 8.11. The van der Waals surface area contributed by atoms with E-state index in [1.54, 1.807) is 0 Å². The molecule has 1 heterocycles. The lowest BCUT2D eigenvalue weighted by Gasteiger charge is -2.18. The molecule has 1 unspecified atom stereocenters. The number of nitrogens with zero attached hydrogens (tertiary/aromatic N) is 2. The molecule has 1 aromatic carbocycles. The molecule has 2 rings (SSSR count). The van der Waals surface area contributed by atoms with Crippen LogP contribution in [0.5, 0.6) is 0 Å². The number of aromatic nitrogens is 2. The Labute approximate surface area is 143 Å². The van der Waals surface area contributed by atoms with E-state index in [1.807, 2.05) is 10.9 Å². The fourth-order valence-corrected chi connectivity index (χ4v) is 3.67. The van der Waals surface area contributed by atoms with E-state index in [1.165, 1.54) is 11.1 Å². The number of hydrogen-bond donors (Lipinski definition) is 1. The average molecular weight is 415 g/mol. The third-order valence-electron chi connectivity index (χ3n) is 3.26. The summed E-state index contributed by atoms with van der Waals surface area (Å²) in [7, 11) is 0. The maximum atomic E-state index is 4.46. The van der Waals surface area contributed by atoms with E-state index in [9.17, 15) is 0 Å². The van der Waals surface area contributed by atoms with Gasteiger partial charge in [0.15, 0.2) is 0 Å². The molecule has 5 heteroatoms. The highest BCUT2D eigenvalue weighted by atomic mass is 79.9. The summed E-state index contributed by atoms with van der Waals surface area (Å²) in [6.45, 7) is 6.29. The van der Waals surface area contributed by atoms with Gasteiger partial charge in [-0.25, -0.2) is 0 Å². The van der Waals surface area contributed by atoms with Crippen LogP contribution in [0.25, 0.3) is 0 Å². The van der Waals surface area contributed by atoms with Crippen LogP contribution in [0.1, 0.15) is 43.9 Å². The van der Waals surface area contributed by atoms with E-state index in [0.717, 1.165) is 34.9 Å². The largest absolute Gasteiger partial charge is 0.306 e. The first-order valence-corrected chi connectivity index (χ1v) is 8.94. The molecule has 114 valence electrons. The summed E-state index contributed by atoms with van der Waals surface area (Å²) in [4.78, 5) is 0. The molecule has 0 bridgehead atoms. The van der Waals surface area contributed by atoms with Gasteiger partial charge in [-0.3, -0.25) is 4.68 Å². The van der Waals surface area contributed by atoms with Gasteiger partial charge in [-0.1, -0.05) is 45.7 Å². The number of halogens is 2. The summed E-state index contributed by atoms with van der Waals surface area (Å²) in [6.07, 6.45) is 6.31. The average Bonchev–Trinajstić information content (AvgIpc) is 2.87. The van der Waals surface area contributed by atoms with Crippen molar-refractivity contribution >= 4 is 31.9 Å². The van der Waals surface area contributed by atoms with Crippen LogP contribution in [0, 0.1) is 0 Å². The lowest BCUT2D eigenvalue weighted by molar-refractivity contribution is 0.588. The van der Waals surface area contributed by atoms with Crippen LogP contribution in [0.4, 0.5) is 0 Å². The molecule has 0 saturated heterocycles. The zero-order valence-corrected chi connectivity index (χ0v) is 15.6. The maximum Gasteiger partial charge on any atom is 0.0608 e. The van der Waals surface area contributed by atoms with Crippen molar-refractivity contribution in [1.82, 2.24) is 15.1 Å². The Bertz CT molecular complexity index is 560. The first-order valence-electron chi connectivity index (χ1n) is 7.35. The van der Waals surface area contributed by atoms with Gasteiger partial charge in [-0.05, 0) is 43.1 Å². The Morgan fingerprint density at radius 1 is 1.10 bits per heavy atom. The molecule has 0 spiro atoms. The molecule has 2 aromatic rings. The topological polar surface area (TPSA) is 29.9 Å². The van der Waals surface area contributed by atoms with Crippen molar-refractivity contribution in [1.29, 1.82) is 0 Å². The molecule has 0 aliphatic heterocycles. The molecule has 1 atom stereocenters. The van der Waals surface area contributed by atoms with E-state index >= 15 is 0 Å². The van der Waals surface area contributed by atoms with Crippen LogP contribution in [-0.2, 0) is 6.54 Å². The van der Waals surface area contributed by atoms with Crippen molar-refractivity contribution in [3.63, 3.8) is 0 Å². The highest BCUT2D eigenvalue weighted by Crippen LogP contribution is 2.28. The summed E-state index contributed by atoms with van der Waals surface area (Å²) in [6, 6.07) is 6.55. The molecule has 1 N–H and O–H groups in total. The van der Waals surface area contributed by atoms with Gasteiger partial charge in [0.1, 0.15) is 0 Å². The van der Waals surface area contributed by atoms with Gasteiger partial charge in [0, 0.05) is 27.3 Å². The molecule has 0 amide bonds. The van der Waals surface area contributed by atoms with E-state index in [2.05, 4.69) is 80.5 Å². The summed E-state index contributed by atoms with van der Waals surface area (Å²) in [5.41, 5.74) is 2.45. The van der Waals surface area contributed by atoms with Crippen LogP contribution in [0.3, 0.4) is 0 Å². The van der Waals surface area contributed by atoms with E-state index < -0.39 is 0 Å². The van der Waals surface area contributed by atoms with Gasteiger partial charge in [-0.15, -0.1) is 0 Å². The molecule has 1 aromatic heterocycles. The van der Waals surface area contributed by atoms with Crippen molar-refractivity contribution < 1.29 is 0 Å². The summed E-state index contributed by atoms with van der Waals surface area (Å²) in [5, 5.41) is 8.08. The quantitative estimate of drug-likeness (QED) is 0.697. The highest BCUT2D eigenvalue weighted by molar-refractivity contribution is 9.11. The van der Waals surface area contributed by atoms with Gasteiger partial charge in [0.25, 0.3) is 0 Å². The number of hydrogen-bond acceptors (Lipinski definition) is 2.